The molecule has 5 rings (SSSR count). The van der Waals surface area contributed by atoms with Gasteiger partial charge in [0.05, 0.1) is 18.8 Å². The van der Waals surface area contributed by atoms with E-state index in [-0.39, 0.29) is 31.6 Å². The molecule has 1 aliphatic heterocycles. The summed E-state index contributed by atoms with van der Waals surface area (Å²) in [6, 6.07) is 24.0. The van der Waals surface area contributed by atoms with E-state index in [1.165, 1.54) is 7.11 Å². The van der Waals surface area contributed by atoms with E-state index < -0.39 is 18.1 Å². The molecular formula is C32H32N2O5. The van der Waals surface area contributed by atoms with Crippen molar-refractivity contribution >= 4 is 11.9 Å². The Morgan fingerprint density at radius 2 is 1.69 bits per heavy atom. The van der Waals surface area contributed by atoms with E-state index in [9.17, 15) is 14.9 Å². The Morgan fingerprint density at radius 1 is 1.00 bits per heavy atom. The van der Waals surface area contributed by atoms with Crippen molar-refractivity contribution in [3.8, 4) is 11.8 Å². The van der Waals surface area contributed by atoms with E-state index in [2.05, 4.69) is 6.07 Å². The molecule has 2 unspecified atom stereocenters. The molecule has 0 N–H and O–H groups in total. The van der Waals surface area contributed by atoms with Crippen LogP contribution in [-0.4, -0.2) is 36.0 Å². The third-order valence-electron chi connectivity index (χ3n) is 7.53. The fraction of sp³-hybridized carbons (Fsp3) is 0.344. The molecule has 7 heteroatoms. The van der Waals surface area contributed by atoms with Crippen LogP contribution < -0.4 is 4.74 Å². The van der Waals surface area contributed by atoms with E-state index in [0.29, 0.717) is 11.3 Å². The molecular weight excluding hydrogens is 492 g/mol. The number of methoxy groups -OCH3 is 1. The molecule has 39 heavy (non-hydrogen) atoms. The van der Waals surface area contributed by atoms with Crippen molar-refractivity contribution in [1.29, 1.82) is 5.26 Å². The fourth-order valence-electron chi connectivity index (χ4n) is 5.47. The largest absolute Gasteiger partial charge is 0.487 e. The molecule has 0 bridgehead atoms. The van der Waals surface area contributed by atoms with Gasteiger partial charge < -0.3 is 19.1 Å². The number of ether oxygens (including phenoxy) is 3. The molecule has 1 aliphatic carbocycles. The van der Waals surface area contributed by atoms with Crippen molar-refractivity contribution in [3.05, 3.63) is 101 Å². The molecule has 1 heterocycles. The summed E-state index contributed by atoms with van der Waals surface area (Å²) < 4.78 is 17.7. The van der Waals surface area contributed by atoms with Crippen molar-refractivity contribution in [2.24, 2.45) is 0 Å². The Morgan fingerprint density at radius 3 is 2.36 bits per heavy atom. The van der Waals surface area contributed by atoms with Crippen LogP contribution in [0.15, 0.2) is 72.8 Å². The molecule has 3 aromatic carbocycles. The summed E-state index contributed by atoms with van der Waals surface area (Å²) in [5.74, 6) is -0.343. The molecule has 2 aliphatic rings. The second-order valence-corrected chi connectivity index (χ2v) is 10.0. The highest BCUT2D eigenvalue weighted by Gasteiger charge is 2.41. The van der Waals surface area contributed by atoms with E-state index in [1.807, 2.05) is 66.7 Å². The van der Waals surface area contributed by atoms with Crippen molar-refractivity contribution in [2.45, 2.75) is 63.5 Å². The van der Waals surface area contributed by atoms with Crippen LogP contribution in [0.5, 0.6) is 5.75 Å². The number of fused-ring (bicyclic) bond motifs is 1. The van der Waals surface area contributed by atoms with Gasteiger partial charge in [0, 0.05) is 18.5 Å². The van der Waals surface area contributed by atoms with E-state index in [4.69, 9.17) is 14.2 Å². The average molecular weight is 525 g/mol. The van der Waals surface area contributed by atoms with Crippen LogP contribution >= 0.6 is 0 Å². The van der Waals surface area contributed by atoms with Crippen LogP contribution in [0.25, 0.3) is 0 Å². The summed E-state index contributed by atoms with van der Waals surface area (Å²) in [6.45, 7) is 0.460. The number of amides is 1. The Balaban J connectivity index is 1.48. The number of carbonyl (C=O) groups is 2. The minimum Gasteiger partial charge on any atom is -0.487 e. The molecule has 1 amide bonds. The van der Waals surface area contributed by atoms with Crippen molar-refractivity contribution < 1.29 is 23.8 Å². The minimum absolute atomic E-state index is 0.00369. The molecule has 1 saturated carbocycles. The van der Waals surface area contributed by atoms with Crippen LogP contribution in [0, 0.1) is 11.3 Å². The summed E-state index contributed by atoms with van der Waals surface area (Å²) in [5.41, 5.74) is 3.69. The summed E-state index contributed by atoms with van der Waals surface area (Å²) in [7, 11) is 1.32. The quantitative estimate of drug-likeness (QED) is 0.373. The normalized spacial score (nSPS) is 17.6. The lowest BCUT2D eigenvalue weighted by Crippen LogP contribution is -2.51. The monoisotopic (exact) mass is 524 g/mol. The van der Waals surface area contributed by atoms with Gasteiger partial charge in [0.15, 0.2) is 6.10 Å². The number of benzene rings is 3. The summed E-state index contributed by atoms with van der Waals surface area (Å²) in [6.07, 6.45) is 3.35. The highest BCUT2D eigenvalue weighted by molar-refractivity contribution is 5.89. The number of nitrogens with zero attached hydrogens (tertiary/aromatic N) is 2. The van der Waals surface area contributed by atoms with Crippen LogP contribution in [0.2, 0.25) is 0 Å². The Kier molecular flexibility index (Phi) is 8.24. The molecule has 200 valence electrons. The second kappa shape index (κ2) is 12.1. The topological polar surface area (TPSA) is 88.9 Å². The standard InChI is InChI=1S/C32H32N2O5/c1-37-32(36)28-18-27-25(17-16-24(19-33)29(27)38-21-22-10-4-2-5-11-22)20-34(28)31(35)30(23-12-6-3-7-13-23)39-26-14-8-9-15-26/h2-7,10-13,16-17,26,28,30H,8-9,14-15,18,20-21H2,1H3. The summed E-state index contributed by atoms with van der Waals surface area (Å²) in [4.78, 5) is 28.8. The SMILES string of the molecule is COC(=O)C1Cc2c(ccc(C#N)c2OCc2ccccc2)CN1C(=O)C(OC1CCCC1)c1ccccc1. The lowest BCUT2D eigenvalue weighted by Gasteiger charge is -2.38. The van der Waals surface area contributed by atoms with Crippen LogP contribution in [0.3, 0.4) is 0 Å². The summed E-state index contributed by atoms with van der Waals surface area (Å²) in [5, 5.41) is 9.81. The van der Waals surface area contributed by atoms with Gasteiger partial charge in [0.25, 0.3) is 5.91 Å². The maximum absolute atomic E-state index is 14.2. The molecule has 0 radical (unpaired) electrons. The first-order chi connectivity index (χ1) is 19.1. The van der Waals surface area contributed by atoms with Crippen molar-refractivity contribution in [2.75, 3.05) is 7.11 Å². The molecule has 7 nitrogen and oxygen atoms in total. The molecule has 0 saturated heterocycles. The van der Waals surface area contributed by atoms with Gasteiger partial charge in [-0.05, 0) is 35.6 Å². The van der Waals surface area contributed by atoms with Gasteiger partial charge in [-0.2, -0.15) is 5.26 Å². The van der Waals surface area contributed by atoms with Gasteiger partial charge in [-0.3, -0.25) is 4.79 Å². The fourth-order valence-corrected chi connectivity index (χ4v) is 5.47. The number of nitriles is 1. The van der Waals surface area contributed by atoms with Gasteiger partial charge in [0.2, 0.25) is 0 Å². The van der Waals surface area contributed by atoms with Crippen molar-refractivity contribution in [1.82, 2.24) is 4.90 Å². The lowest BCUT2D eigenvalue weighted by molar-refractivity contribution is -0.161. The number of esters is 1. The molecule has 0 aromatic heterocycles. The van der Waals surface area contributed by atoms with Gasteiger partial charge in [-0.25, -0.2) is 4.79 Å². The van der Waals surface area contributed by atoms with Gasteiger partial charge in [-0.15, -0.1) is 0 Å². The number of carbonyl (C=O) groups excluding carboxylic acids is 2. The predicted molar refractivity (Wildman–Crippen MR) is 145 cm³/mol. The third kappa shape index (κ3) is 5.81. The lowest BCUT2D eigenvalue weighted by atomic mass is 9.90. The first kappa shape index (κ1) is 26.5. The maximum atomic E-state index is 14.2. The Hall–Kier alpha value is -4.15. The zero-order valence-electron chi connectivity index (χ0n) is 22.0. The van der Waals surface area contributed by atoms with Crippen LogP contribution in [0.1, 0.15) is 59.6 Å². The number of rotatable bonds is 8. The predicted octanol–water partition coefficient (Wildman–Crippen LogP) is 5.26. The maximum Gasteiger partial charge on any atom is 0.328 e. The summed E-state index contributed by atoms with van der Waals surface area (Å²) >= 11 is 0. The van der Waals surface area contributed by atoms with Gasteiger partial charge >= 0.3 is 5.97 Å². The smallest absolute Gasteiger partial charge is 0.328 e. The van der Waals surface area contributed by atoms with E-state index in [1.54, 1.807) is 11.0 Å². The Bertz CT molecular complexity index is 1350. The second-order valence-electron chi connectivity index (χ2n) is 10.0. The number of hydrogen-bond acceptors (Lipinski definition) is 6. The first-order valence-corrected chi connectivity index (χ1v) is 13.4. The zero-order chi connectivity index (χ0) is 27.2. The Labute approximate surface area is 228 Å². The third-order valence-corrected chi connectivity index (χ3v) is 7.53. The van der Waals surface area contributed by atoms with E-state index in [0.717, 1.165) is 47.9 Å². The van der Waals surface area contributed by atoms with Crippen LogP contribution in [0.4, 0.5) is 0 Å². The van der Waals surface area contributed by atoms with Gasteiger partial charge in [-0.1, -0.05) is 79.6 Å². The number of hydrogen-bond donors (Lipinski definition) is 0. The molecule has 2 atom stereocenters. The zero-order valence-corrected chi connectivity index (χ0v) is 22.0. The van der Waals surface area contributed by atoms with Crippen molar-refractivity contribution in [3.63, 3.8) is 0 Å². The molecule has 0 spiro atoms. The molecule has 3 aromatic rings. The average Bonchev–Trinajstić information content (AvgIpc) is 3.51. The highest BCUT2D eigenvalue weighted by atomic mass is 16.5. The highest BCUT2D eigenvalue weighted by Crippen LogP contribution is 2.37. The first-order valence-electron chi connectivity index (χ1n) is 13.4. The molecule has 1 fully saturated rings. The van der Waals surface area contributed by atoms with E-state index >= 15 is 0 Å². The minimum atomic E-state index is -0.874. The van der Waals surface area contributed by atoms with Gasteiger partial charge in [0.1, 0.15) is 24.5 Å². The van der Waals surface area contributed by atoms with Crippen LogP contribution in [-0.2, 0) is 38.6 Å².